The molecule has 2 aliphatic heterocycles. The molecule has 0 radical (unpaired) electrons. The first-order valence-corrected chi connectivity index (χ1v) is 11.3. The molecule has 30 heavy (non-hydrogen) atoms. The van der Waals surface area contributed by atoms with Crippen molar-refractivity contribution in [1.29, 1.82) is 0 Å². The standard InChI is InChI=1S/C21H33ClN6O2/c1-3-23-21(24-8-15-30-19-7-6-18(22)16-25-19)28-13-11-26(12-14-28)17(2)20(29)27-9-4-5-10-27/h6-7,16-17H,3-5,8-15H2,1-2H3,(H,23,24). The summed E-state index contributed by atoms with van der Waals surface area (Å²) in [5, 5.41) is 3.95. The van der Waals surface area contributed by atoms with Crippen molar-refractivity contribution in [3.05, 3.63) is 23.4 Å². The molecule has 2 saturated heterocycles. The van der Waals surface area contributed by atoms with E-state index in [1.807, 2.05) is 11.8 Å². The molecule has 1 unspecified atom stereocenters. The third-order valence-electron chi connectivity index (χ3n) is 5.57. The number of halogens is 1. The zero-order valence-electron chi connectivity index (χ0n) is 18.0. The zero-order valence-corrected chi connectivity index (χ0v) is 18.8. The van der Waals surface area contributed by atoms with E-state index in [4.69, 9.17) is 21.3 Å². The second-order valence-electron chi connectivity index (χ2n) is 7.63. The molecule has 1 N–H and O–H groups in total. The van der Waals surface area contributed by atoms with Crippen molar-refractivity contribution in [2.45, 2.75) is 32.7 Å². The van der Waals surface area contributed by atoms with E-state index in [0.717, 1.165) is 64.6 Å². The van der Waals surface area contributed by atoms with Crippen LogP contribution in [0.2, 0.25) is 5.02 Å². The highest BCUT2D eigenvalue weighted by Gasteiger charge is 2.30. The Morgan fingerprint density at radius 2 is 1.93 bits per heavy atom. The second-order valence-corrected chi connectivity index (χ2v) is 8.07. The van der Waals surface area contributed by atoms with Gasteiger partial charge in [-0.25, -0.2) is 9.98 Å². The van der Waals surface area contributed by atoms with Crippen LogP contribution < -0.4 is 10.1 Å². The number of ether oxygens (including phenoxy) is 1. The van der Waals surface area contributed by atoms with E-state index in [1.54, 1.807) is 18.3 Å². The summed E-state index contributed by atoms with van der Waals surface area (Å²) in [6, 6.07) is 3.46. The van der Waals surface area contributed by atoms with Crippen molar-refractivity contribution >= 4 is 23.5 Å². The summed E-state index contributed by atoms with van der Waals surface area (Å²) >= 11 is 5.84. The number of hydrogen-bond acceptors (Lipinski definition) is 5. The minimum absolute atomic E-state index is 0.0509. The quantitative estimate of drug-likeness (QED) is 0.398. The fourth-order valence-corrected chi connectivity index (χ4v) is 3.97. The summed E-state index contributed by atoms with van der Waals surface area (Å²) < 4.78 is 5.63. The van der Waals surface area contributed by atoms with Crippen molar-refractivity contribution < 1.29 is 9.53 Å². The monoisotopic (exact) mass is 436 g/mol. The fraction of sp³-hybridized carbons (Fsp3) is 0.667. The van der Waals surface area contributed by atoms with Crippen LogP contribution in [0.3, 0.4) is 0 Å². The maximum absolute atomic E-state index is 12.7. The largest absolute Gasteiger partial charge is 0.476 e. The Balaban J connectivity index is 1.46. The van der Waals surface area contributed by atoms with Gasteiger partial charge in [0, 0.05) is 58.1 Å². The number of amides is 1. The number of likely N-dealkylation sites (tertiary alicyclic amines) is 1. The number of guanidine groups is 1. The average Bonchev–Trinajstić information content (AvgIpc) is 3.31. The highest BCUT2D eigenvalue weighted by molar-refractivity contribution is 6.30. The number of piperazine rings is 1. The second kappa shape index (κ2) is 11.4. The number of hydrogen-bond donors (Lipinski definition) is 1. The van der Waals surface area contributed by atoms with E-state index in [-0.39, 0.29) is 11.9 Å². The van der Waals surface area contributed by atoms with E-state index in [2.05, 4.69) is 27.0 Å². The summed E-state index contributed by atoms with van der Waals surface area (Å²) in [6.07, 6.45) is 3.83. The molecular weight excluding hydrogens is 404 g/mol. The summed E-state index contributed by atoms with van der Waals surface area (Å²) in [4.78, 5) is 28.1. The van der Waals surface area contributed by atoms with E-state index in [1.165, 1.54) is 0 Å². The SMILES string of the molecule is CCNC(=NCCOc1ccc(Cl)cn1)N1CCN(C(C)C(=O)N2CCCC2)CC1. The summed E-state index contributed by atoms with van der Waals surface area (Å²) in [6.45, 7) is 11.1. The molecule has 1 atom stereocenters. The first-order chi connectivity index (χ1) is 14.6. The number of nitrogens with one attached hydrogen (secondary N) is 1. The van der Waals surface area contributed by atoms with Gasteiger partial charge in [-0.05, 0) is 32.8 Å². The number of pyridine rings is 1. The van der Waals surface area contributed by atoms with Crippen molar-refractivity contribution in [3.63, 3.8) is 0 Å². The molecule has 8 nitrogen and oxygen atoms in total. The molecule has 0 saturated carbocycles. The smallest absolute Gasteiger partial charge is 0.239 e. The van der Waals surface area contributed by atoms with Crippen LogP contribution in [0, 0.1) is 0 Å². The Hall–Kier alpha value is -2.06. The number of carbonyl (C=O) groups excluding carboxylic acids is 1. The van der Waals surface area contributed by atoms with Gasteiger partial charge in [-0.15, -0.1) is 0 Å². The van der Waals surface area contributed by atoms with Crippen LogP contribution in [0.5, 0.6) is 5.88 Å². The van der Waals surface area contributed by atoms with Gasteiger partial charge in [0.15, 0.2) is 5.96 Å². The number of aliphatic imine (C=N–C) groups is 1. The molecule has 166 valence electrons. The highest BCUT2D eigenvalue weighted by Crippen LogP contribution is 2.14. The van der Waals surface area contributed by atoms with Crippen LogP contribution in [-0.4, -0.2) is 96.6 Å². The average molecular weight is 437 g/mol. The van der Waals surface area contributed by atoms with Crippen LogP contribution in [0.4, 0.5) is 0 Å². The van der Waals surface area contributed by atoms with Crippen LogP contribution in [-0.2, 0) is 4.79 Å². The zero-order chi connectivity index (χ0) is 21.3. The van der Waals surface area contributed by atoms with Gasteiger partial charge in [0.05, 0.1) is 17.6 Å². The molecule has 3 heterocycles. The first kappa shape index (κ1) is 22.6. The molecule has 9 heteroatoms. The Morgan fingerprint density at radius 3 is 2.57 bits per heavy atom. The fourth-order valence-electron chi connectivity index (χ4n) is 3.85. The molecular formula is C21H33ClN6O2. The Bertz CT molecular complexity index is 700. The molecule has 0 aliphatic carbocycles. The number of nitrogens with zero attached hydrogens (tertiary/aromatic N) is 5. The van der Waals surface area contributed by atoms with Gasteiger partial charge in [0.2, 0.25) is 11.8 Å². The summed E-state index contributed by atoms with van der Waals surface area (Å²) in [5.74, 6) is 1.71. The molecule has 0 aromatic carbocycles. The van der Waals surface area contributed by atoms with E-state index in [0.29, 0.717) is 24.1 Å². The lowest BCUT2D eigenvalue weighted by Crippen LogP contribution is -2.57. The van der Waals surface area contributed by atoms with Crippen LogP contribution in [0.1, 0.15) is 26.7 Å². The molecule has 1 aromatic rings. The van der Waals surface area contributed by atoms with Gasteiger partial charge in [0.25, 0.3) is 0 Å². The molecule has 1 amide bonds. The maximum atomic E-state index is 12.7. The molecule has 0 bridgehead atoms. The Kier molecular flexibility index (Phi) is 8.57. The van der Waals surface area contributed by atoms with Gasteiger partial charge in [0.1, 0.15) is 6.61 Å². The normalized spacial score (nSPS) is 19.1. The Labute approximate surface area is 184 Å². The van der Waals surface area contributed by atoms with E-state index in [9.17, 15) is 4.79 Å². The van der Waals surface area contributed by atoms with Gasteiger partial charge in [-0.3, -0.25) is 9.69 Å². The molecule has 2 aliphatic rings. The van der Waals surface area contributed by atoms with Crippen molar-refractivity contribution in [2.24, 2.45) is 4.99 Å². The predicted octanol–water partition coefficient (Wildman–Crippen LogP) is 1.71. The third kappa shape index (κ3) is 6.22. The number of carbonyl (C=O) groups is 1. The van der Waals surface area contributed by atoms with Crippen LogP contribution in [0.15, 0.2) is 23.3 Å². The number of rotatable bonds is 7. The maximum Gasteiger partial charge on any atom is 0.239 e. The highest BCUT2D eigenvalue weighted by atomic mass is 35.5. The minimum Gasteiger partial charge on any atom is -0.476 e. The van der Waals surface area contributed by atoms with Crippen molar-refractivity contribution in [1.82, 2.24) is 25.0 Å². The van der Waals surface area contributed by atoms with E-state index < -0.39 is 0 Å². The van der Waals surface area contributed by atoms with E-state index >= 15 is 0 Å². The molecule has 3 rings (SSSR count). The first-order valence-electron chi connectivity index (χ1n) is 10.9. The van der Waals surface area contributed by atoms with Crippen molar-refractivity contribution in [2.75, 3.05) is 59.0 Å². The van der Waals surface area contributed by atoms with Gasteiger partial charge >= 0.3 is 0 Å². The third-order valence-corrected chi connectivity index (χ3v) is 5.80. The minimum atomic E-state index is -0.0509. The van der Waals surface area contributed by atoms with Crippen LogP contribution in [0.25, 0.3) is 0 Å². The lowest BCUT2D eigenvalue weighted by atomic mass is 10.2. The lowest BCUT2D eigenvalue weighted by molar-refractivity contribution is -0.135. The van der Waals surface area contributed by atoms with Crippen LogP contribution >= 0.6 is 11.6 Å². The molecule has 0 spiro atoms. The molecule has 2 fully saturated rings. The molecule has 1 aromatic heterocycles. The number of aromatic nitrogens is 1. The van der Waals surface area contributed by atoms with Gasteiger partial charge in [-0.1, -0.05) is 11.6 Å². The van der Waals surface area contributed by atoms with Crippen molar-refractivity contribution in [3.8, 4) is 5.88 Å². The summed E-state index contributed by atoms with van der Waals surface area (Å²) in [7, 11) is 0. The topological polar surface area (TPSA) is 73.3 Å². The lowest BCUT2D eigenvalue weighted by Gasteiger charge is -2.39. The van der Waals surface area contributed by atoms with Gasteiger partial charge in [-0.2, -0.15) is 0 Å². The Morgan fingerprint density at radius 1 is 1.20 bits per heavy atom. The summed E-state index contributed by atoms with van der Waals surface area (Å²) in [5.41, 5.74) is 0. The predicted molar refractivity (Wildman–Crippen MR) is 119 cm³/mol. The van der Waals surface area contributed by atoms with Gasteiger partial charge < -0.3 is 19.9 Å².